The third kappa shape index (κ3) is 5.19. The molecular formula is C22H21ClN3O3+. The molecule has 6 nitrogen and oxygen atoms in total. The Morgan fingerprint density at radius 3 is 2.14 bits per heavy atom. The number of rotatable bonds is 7. The van der Waals surface area contributed by atoms with Crippen LogP contribution in [0.4, 0.5) is 11.4 Å². The summed E-state index contributed by atoms with van der Waals surface area (Å²) in [5.74, 6) is -0.255. The summed E-state index contributed by atoms with van der Waals surface area (Å²) in [6, 6.07) is 22.9. The number of non-ortho nitro benzene ring substituents is 1. The molecule has 0 radical (unpaired) electrons. The van der Waals surface area contributed by atoms with Gasteiger partial charge in [-0.1, -0.05) is 72.3 Å². The first-order valence-corrected chi connectivity index (χ1v) is 9.53. The van der Waals surface area contributed by atoms with Crippen molar-refractivity contribution in [3.05, 3.63) is 105 Å². The first-order chi connectivity index (χ1) is 14.0. The van der Waals surface area contributed by atoms with Crippen molar-refractivity contribution in [2.45, 2.75) is 19.0 Å². The molecule has 0 aliphatic heterocycles. The van der Waals surface area contributed by atoms with E-state index in [2.05, 4.69) is 5.32 Å². The van der Waals surface area contributed by atoms with E-state index in [0.29, 0.717) is 5.69 Å². The molecule has 2 atom stereocenters. The number of hydrogen-bond acceptors (Lipinski definition) is 3. The van der Waals surface area contributed by atoms with Gasteiger partial charge in [0.2, 0.25) is 0 Å². The second-order valence-corrected chi connectivity index (χ2v) is 7.10. The lowest BCUT2D eigenvalue weighted by Crippen LogP contribution is -2.87. The molecule has 3 aromatic rings. The molecule has 3 N–H and O–H groups in total. The van der Waals surface area contributed by atoms with E-state index in [1.807, 2.05) is 72.9 Å². The number of nitro groups is 1. The first-order valence-electron chi connectivity index (χ1n) is 9.15. The predicted octanol–water partition coefficient (Wildman–Crippen LogP) is 4.25. The van der Waals surface area contributed by atoms with Crippen LogP contribution >= 0.6 is 11.6 Å². The zero-order valence-corrected chi connectivity index (χ0v) is 16.5. The van der Waals surface area contributed by atoms with Crippen LogP contribution in [0.1, 0.15) is 30.1 Å². The lowest BCUT2D eigenvalue weighted by Gasteiger charge is -2.20. The van der Waals surface area contributed by atoms with Gasteiger partial charge in [-0.15, -0.1) is 0 Å². The summed E-state index contributed by atoms with van der Waals surface area (Å²) in [4.78, 5) is 23.5. The summed E-state index contributed by atoms with van der Waals surface area (Å²) in [7, 11) is 0. The number of carbonyl (C=O) groups is 1. The Hall–Kier alpha value is -3.22. The van der Waals surface area contributed by atoms with Gasteiger partial charge in [0, 0.05) is 23.3 Å². The maximum Gasteiger partial charge on any atom is 0.287 e. The maximum absolute atomic E-state index is 13.1. The number of carbonyl (C=O) groups excluding carboxylic acids is 1. The molecule has 0 aliphatic carbocycles. The van der Waals surface area contributed by atoms with Crippen molar-refractivity contribution in [2.24, 2.45) is 0 Å². The van der Waals surface area contributed by atoms with E-state index in [1.165, 1.54) is 18.2 Å². The number of nitro benzene ring substituents is 1. The largest absolute Gasteiger partial charge is 0.326 e. The molecule has 3 rings (SSSR count). The number of anilines is 1. The average Bonchev–Trinajstić information content (AvgIpc) is 2.74. The van der Waals surface area contributed by atoms with Gasteiger partial charge in [0.1, 0.15) is 6.04 Å². The Labute approximate surface area is 173 Å². The molecule has 0 heterocycles. The molecule has 0 aromatic heterocycles. The van der Waals surface area contributed by atoms with Crippen molar-refractivity contribution < 1.29 is 15.0 Å². The number of quaternary nitrogens is 1. The average molecular weight is 411 g/mol. The second kappa shape index (κ2) is 9.32. The fraction of sp³-hybridized carbons (Fsp3) is 0.136. The first kappa shape index (κ1) is 20.5. The van der Waals surface area contributed by atoms with E-state index in [4.69, 9.17) is 11.6 Å². The Morgan fingerprint density at radius 2 is 1.59 bits per heavy atom. The molecule has 7 heteroatoms. The van der Waals surface area contributed by atoms with Gasteiger partial charge >= 0.3 is 0 Å². The highest BCUT2D eigenvalue weighted by Crippen LogP contribution is 2.27. The van der Waals surface area contributed by atoms with Gasteiger partial charge in [-0.25, -0.2) is 0 Å². The highest BCUT2D eigenvalue weighted by Gasteiger charge is 2.27. The quantitative estimate of drug-likeness (QED) is 0.450. The highest BCUT2D eigenvalue weighted by molar-refractivity contribution is 6.34. The molecule has 0 saturated carbocycles. The van der Waals surface area contributed by atoms with Gasteiger partial charge in [0.25, 0.3) is 11.6 Å². The van der Waals surface area contributed by atoms with Crippen LogP contribution in [0.2, 0.25) is 5.02 Å². The monoisotopic (exact) mass is 410 g/mol. The number of halogens is 1. The molecule has 0 fully saturated rings. The van der Waals surface area contributed by atoms with Crippen molar-refractivity contribution in [3.63, 3.8) is 0 Å². The van der Waals surface area contributed by atoms with Gasteiger partial charge in [0.15, 0.2) is 6.04 Å². The molecule has 0 spiro atoms. The molecule has 1 amide bonds. The lowest BCUT2D eigenvalue weighted by molar-refractivity contribution is -0.718. The number of nitrogens with one attached hydrogen (secondary N) is 1. The predicted molar refractivity (Wildman–Crippen MR) is 113 cm³/mol. The molecular weight excluding hydrogens is 390 g/mol. The standard InChI is InChI=1S/C22H20ClN3O3/c1-15(16-8-4-2-5-9-16)24-21(17-10-6-3-7-11-17)22(27)25-20-13-12-18(26(28)29)14-19(20)23/h2-15,21,24H,1H3,(H,25,27)/p+1/t15-,21+/m0/s1. The summed E-state index contributed by atoms with van der Waals surface area (Å²) < 4.78 is 0. The molecule has 0 unspecified atom stereocenters. The highest BCUT2D eigenvalue weighted by atomic mass is 35.5. The van der Waals surface area contributed by atoms with Crippen LogP contribution < -0.4 is 10.6 Å². The lowest BCUT2D eigenvalue weighted by atomic mass is 10.0. The van der Waals surface area contributed by atoms with Gasteiger partial charge in [-0.05, 0) is 13.0 Å². The smallest absolute Gasteiger partial charge is 0.287 e. The summed E-state index contributed by atoms with van der Waals surface area (Å²) in [5, 5.41) is 15.8. The summed E-state index contributed by atoms with van der Waals surface area (Å²) >= 11 is 6.14. The third-order valence-electron chi connectivity index (χ3n) is 4.67. The molecule has 29 heavy (non-hydrogen) atoms. The van der Waals surface area contributed by atoms with Crippen LogP contribution in [0.3, 0.4) is 0 Å². The maximum atomic E-state index is 13.1. The number of amides is 1. The van der Waals surface area contributed by atoms with Crippen LogP contribution in [-0.2, 0) is 4.79 Å². The minimum atomic E-state index is -0.528. The molecule has 0 bridgehead atoms. The van der Waals surface area contributed by atoms with E-state index < -0.39 is 11.0 Å². The van der Waals surface area contributed by atoms with E-state index in [1.54, 1.807) is 0 Å². The Kier molecular flexibility index (Phi) is 6.59. The Balaban J connectivity index is 1.84. The Morgan fingerprint density at radius 1 is 1.00 bits per heavy atom. The Bertz CT molecular complexity index is 997. The molecule has 0 aliphatic rings. The van der Waals surface area contributed by atoms with Gasteiger partial charge in [-0.3, -0.25) is 14.9 Å². The topological polar surface area (TPSA) is 88.8 Å². The summed E-state index contributed by atoms with van der Waals surface area (Å²) in [5.41, 5.74) is 2.17. The fourth-order valence-corrected chi connectivity index (χ4v) is 3.32. The number of nitrogens with two attached hydrogens (primary N) is 1. The second-order valence-electron chi connectivity index (χ2n) is 6.69. The number of benzene rings is 3. The van der Waals surface area contributed by atoms with Crippen LogP contribution in [-0.4, -0.2) is 10.8 Å². The van der Waals surface area contributed by atoms with Crippen molar-refractivity contribution >= 4 is 28.9 Å². The van der Waals surface area contributed by atoms with Crippen molar-refractivity contribution in [1.82, 2.24) is 0 Å². The van der Waals surface area contributed by atoms with E-state index >= 15 is 0 Å². The number of nitrogens with zero attached hydrogens (tertiary/aromatic N) is 1. The van der Waals surface area contributed by atoms with E-state index in [9.17, 15) is 14.9 Å². The van der Waals surface area contributed by atoms with Crippen LogP contribution in [0, 0.1) is 10.1 Å². The molecule has 148 valence electrons. The van der Waals surface area contributed by atoms with Crippen molar-refractivity contribution in [2.75, 3.05) is 5.32 Å². The van der Waals surface area contributed by atoms with Gasteiger partial charge in [-0.2, -0.15) is 0 Å². The summed E-state index contributed by atoms with van der Waals surface area (Å²) in [6.07, 6.45) is 0. The van der Waals surface area contributed by atoms with E-state index in [-0.39, 0.29) is 22.7 Å². The SMILES string of the molecule is C[C@H]([NH2+][C@@H](C(=O)Nc1ccc([N+](=O)[O-])cc1Cl)c1ccccc1)c1ccccc1. The van der Waals surface area contributed by atoms with Crippen LogP contribution in [0.5, 0.6) is 0 Å². The van der Waals surface area contributed by atoms with Crippen molar-refractivity contribution in [3.8, 4) is 0 Å². The zero-order valence-electron chi connectivity index (χ0n) is 15.8. The van der Waals surface area contributed by atoms with E-state index in [0.717, 1.165) is 11.1 Å². The van der Waals surface area contributed by atoms with Crippen LogP contribution in [0.15, 0.2) is 78.9 Å². The molecule has 0 saturated heterocycles. The third-order valence-corrected chi connectivity index (χ3v) is 4.98. The van der Waals surface area contributed by atoms with Gasteiger partial charge in [0.05, 0.1) is 15.6 Å². The fourth-order valence-electron chi connectivity index (χ4n) is 3.10. The molecule has 3 aromatic carbocycles. The summed E-state index contributed by atoms with van der Waals surface area (Å²) in [6.45, 7) is 2.04. The minimum absolute atomic E-state index is 0.0412. The zero-order chi connectivity index (χ0) is 20.8. The number of hydrogen-bond donors (Lipinski definition) is 2. The van der Waals surface area contributed by atoms with Gasteiger partial charge < -0.3 is 10.6 Å². The minimum Gasteiger partial charge on any atom is -0.326 e. The normalized spacial score (nSPS) is 12.8. The van der Waals surface area contributed by atoms with Crippen LogP contribution in [0.25, 0.3) is 0 Å². The van der Waals surface area contributed by atoms with Crippen molar-refractivity contribution in [1.29, 1.82) is 0 Å².